The van der Waals surface area contributed by atoms with Gasteiger partial charge in [-0.05, 0) is 12.8 Å². The molecule has 0 rings (SSSR count). The van der Waals surface area contributed by atoms with E-state index in [1.807, 2.05) is 0 Å². The van der Waals surface area contributed by atoms with E-state index in [1.165, 1.54) is 44.9 Å². The molecule has 19 heavy (non-hydrogen) atoms. The molecule has 0 bridgehead atoms. The smallest absolute Gasteiger partial charge is 0.303 e. The van der Waals surface area contributed by atoms with Crippen molar-refractivity contribution in [3.8, 4) is 0 Å². The third-order valence-corrected chi connectivity index (χ3v) is 2.64. The van der Waals surface area contributed by atoms with Crippen molar-refractivity contribution in [2.75, 3.05) is 0 Å². The zero-order valence-corrected chi connectivity index (χ0v) is 12.2. The van der Waals surface area contributed by atoms with Gasteiger partial charge in [0, 0.05) is 6.04 Å². The van der Waals surface area contributed by atoms with Gasteiger partial charge in [0.15, 0.2) is 0 Å². The molecule has 1 unspecified atom stereocenters. The van der Waals surface area contributed by atoms with E-state index in [4.69, 9.17) is 15.9 Å². The highest BCUT2D eigenvalue weighted by molar-refractivity contribution is 5.75. The molecule has 0 aromatic heterocycles. The molecule has 0 radical (unpaired) electrons. The van der Waals surface area contributed by atoms with Crippen molar-refractivity contribution >= 4 is 11.9 Å². The van der Waals surface area contributed by atoms with Gasteiger partial charge in [0.2, 0.25) is 0 Å². The van der Waals surface area contributed by atoms with Gasteiger partial charge in [-0.25, -0.2) is 0 Å². The summed E-state index contributed by atoms with van der Waals surface area (Å²) in [7, 11) is 0. The predicted molar refractivity (Wildman–Crippen MR) is 76.1 cm³/mol. The molecule has 0 aromatic rings. The van der Waals surface area contributed by atoms with Crippen molar-refractivity contribution in [2.45, 2.75) is 77.7 Å². The van der Waals surface area contributed by atoms with Gasteiger partial charge >= 0.3 is 11.9 Å². The summed E-state index contributed by atoms with van der Waals surface area (Å²) in [5, 5.41) is 15.8. The number of carboxylic acids is 2. The molecule has 114 valence electrons. The normalized spacial score (nSPS) is 11.3. The van der Waals surface area contributed by atoms with Gasteiger partial charge in [-0.15, -0.1) is 0 Å². The Kier molecular flexibility index (Phi) is 15.9. The zero-order valence-electron chi connectivity index (χ0n) is 12.2. The fraction of sp³-hybridized carbons (Fsp3) is 0.857. The molecule has 0 spiro atoms. The van der Waals surface area contributed by atoms with Crippen LogP contribution in [0.15, 0.2) is 0 Å². The summed E-state index contributed by atoms with van der Waals surface area (Å²) < 4.78 is 0. The lowest BCUT2D eigenvalue weighted by Crippen LogP contribution is -2.18. The van der Waals surface area contributed by atoms with Gasteiger partial charge in [-0.3, -0.25) is 9.59 Å². The van der Waals surface area contributed by atoms with Gasteiger partial charge in [-0.1, -0.05) is 46.0 Å². The van der Waals surface area contributed by atoms with Crippen molar-refractivity contribution in [1.29, 1.82) is 0 Å². The topological polar surface area (TPSA) is 101 Å². The molecule has 0 amide bonds. The fourth-order valence-electron chi connectivity index (χ4n) is 1.56. The Morgan fingerprint density at radius 1 is 0.895 bits per heavy atom. The second-order valence-electron chi connectivity index (χ2n) is 4.69. The van der Waals surface area contributed by atoms with Gasteiger partial charge < -0.3 is 15.9 Å². The molecule has 0 saturated carbocycles. The summed E-state index contributed by atoms with van der Waals surface area (Å²) in [5.41, 5.74) is 5.87. The second kappa shape index (κ2) is 15.0. The Morgan fingerprint density at radius 3 is 1.79 bits per heavy atom. The minimum absolute atomic E-state index is 0.296. The van der Waals surface area contributed by atoms with Gasteiger partial charge in [-0.2, -0.15) is 0 Å². The number of hydrogen-bond acceptors (Lipinski definition) is 3. The molecule has 0 aromatic carbocycles. The third kappa shape index (κ3) is 22.5. The third-order valence-electron chi connectivity index (χ3n) is 2.64. The average molecular weight is 275 g/mol. The highest BCUT2D eigenvalue weighted by atomic mass is 16.4. The fourth-order valence-corrected chi connectivity index (χ4v) is 1.56. The molecule has 0 heterocycles. The van der Waals surface area contributed by atoms with E-state index in [0.29, 0.717) is 6.04 Å². The number of hydrogen-bond donors (Lipinski definition) is 3. The van der Waals surface area contributed by atoms with E-state index in [9.17, 15) is 9.59 Å². The Morgan fingerprint density at radius 2 is 1.42 bits per heavy atom. The number of carbonyl (C=O) groups is 2. The quantitative estimate of drug-likeness (QED) is 0.532. The van der Waals surface area contributed by atoms with Crippen molar-refractivity contribution < 1.29 is 19.8 Å². The zero-order chi connectivity index (χ0) is 15.1. The number of carboxylic acid groups (broad SMARTS) is 2. The molecule has 0 fully saturated rings. The van der Waals surface area contributed by atoms with E-state index in [0.717, 1.165) is 0 Å². The minimum Gasteiger partial charge on any atom is -0.481 e. The van der Waals surface area contributed by atoms with Gasteiger partial charge in [0.25, 0.3) is 0 Å². The summed E-state index contributed by atoms with van der Waals surface area (Å²) in [6.07, 6.45) is 8.46. The Bertz CT molecular complexity index is 217. The first-order valence-electron chi connectivity index (χ1n) is 7.13. The van der Waals surface area contributed by atoms with Crippen LogP contribution in [0, 0.1) is 0 Å². The molecule has 0 aliphatic carbocycles. The van der Waals surface area contributed by atoms with Crippen LogP contribution in [0.4, 0.5) is 0 Å². The highest BCUT2D eigenvalue weighted by Crippen LogP contribution is 2.07. The van der Waals surface area contributed by atoms with Crippen molar-refractivity contribution in [3.05, 3.63) is 0 Å². The standard InChI is InChI=1S/C10H23N.C4H6O4/c1-3-5-6-7-9-10(11)8-4-2;5-3(6)1-2-4(7)8/h10H,3-9,11H2,1-2H3;1-2H2,(H,5,6)(H,7,8). The van der Waals surface area contributed by atoms with Crippen LogP contribution >= 0.6 is 0 Å². The van der Waals surface area contributed by atoms with Crippen LogP contribution in [-0.4, -0.2) is 28.2 Å². The summed E-state index contributed by atoms with van der Waals surface area (Å²) >= 11 is 0. The molecule has 5 nitrogen and oxygen atoms in total. The lowest BCUT2D eigenvalue weighted by atomic mass is 10.0. The van der Waals surface area contributed by atoms with E-state index in [2.05, 4.69) is 13.8 Å². The Labute approximate surface area is 116 Å². The average Bonchev–Trinajstić information content (AvgIpc) is 2.33. The number of aliphatic carboxylic acids is 2. The van der Waals surface area contributed by atoms with E-state index >= 15 is 0 Å². The van der Waals surface area contributed by atoms with Crippen LogP contribution in [-0.2, 0) is 9.59 Å². The van der Waals surface area contributed by atoms with Crippen LogP contribution in [0.3, 0.4) is 0 Å². The number of unbranched alkanes of at least 4 members (excludes halogenated alkanes) is 3. The maximum absolute atomic E-state index is 9.64. The number of nitrogens with two attached hydrogens (primary N) is 1. The molecule has 4 N–H and O–H groups in total. The molecule has 0 aliphatic rings. The monoisotopic (exact) mass is 275 g/mol. The van der Waals surface area contributed by atoms with Gasteiger partial charge in [0.05, 0.1) is 12.8 Å². The van der Waals surface area contributed by atoms with Crippen LogP contribution in [0.1, 0.15) is 71.6 Å². The van der Waals surface area contributed by atoms with Crippen molar-refractivity contribution in [3.63, 3.8) is 0 Å². The molecular formula is C14H29NO4. The van der Waals surface area contributed by atoms with Crippen molar-refractivity contribution in [1.82, 2.24) is 0 Å². The molecular weight excluding hydrogens is 246 g/mol. The molecule has 5 heteroatoms. The summed E-state index contributed by atoms with van der Waals surface area (Å²) in [6, 6.07) is 0.469. The predicted octanol–water partition coefficient (Wildman–Crippen LogP) is 3.02. The molecule has 1 atom stereocenters. The first-order valence-corrected chi connectivity index (χ1v) is 7.13. The first kappa shape index (κ1) is 20.2. The van der Waals surface area contributed by atoms with Crippen LogP contribution in [0.5, 0.6) is 0 Å². The number of rotatable bonds is 10. The van der Waals surface area contributed by atoms with Crippen LogP contribution in [0.2, 0.25) is 0 Å². The first-order chi connectivity index (χ1) is 8.93. The molecule has 0 aliphatic heterocycles. The lowest BCUT2D eigenvalue weighted by Gasteiger charge is -2.08. The van der Waals surface area contributed by atoms with Crippen LogP contribution < -0.4 is 5.73 Å². The maximum Gasteiger partial charge on any atom is 0.303 e. The second-order valence-corrected chi connectivity index (χ2v) is 4.69. The summed E-state index contributed by atoms with van der Waals surface area (Å²) in [4.78, 5) is 19.3. The molecule has 0 saturated heterocycles. The summed E-state index contributed by atoms with van der Waals surface area (Å²) in [5.74, 6) is -2.15. The largest absolute Gasteiger partial charge is 0.481 e. The van der Waals surface area contributed by atoms with E-state index in [-0.39, 0.29) is 12.8 Å². The highest BCUT2D eigenvalue weighted by Gasteiger charge is 2.00. The lowest BCUT2D eigenvalue weighted by molar-refractivity contribution is -0.143. The Hall–Kier alpha value is -1.10. The SMILES string of the molecule is CCCCCCC(N)CCC.O=C(O)CCC(=O)O. The van der Waals surface area contributed by atoms with Crippen LogP contribution in [0.25, 0.3) is 0 Å². The minimum atomic E-state index is -1.08. The van der Waals surface area contributed by atoms with Crippen molar-refractivity contribution in [2.24, 2.45) is 5.73 Å². The Balaban J connectivity index is 0. The van der Waals surface area contributed by atoms with E-state index < -0.39 is 11.9 Å². The van der Waals surface area contributed by atoms with Gasteiger partial charge in [0.1, 0.15) is 0 Å². The summed E-state index contributed by atoms with van der Waals surface area (Å²) in [6.45, 7) is 4.44. The van der Waals surface area contributed by atoms with E-state index in [1.54, 1.807) is 0 Å². The maximum atomic E-state index is 9.64.